The molecular formula is C28H17Cl3F9N3O5S. The quantitative estimate of drug-likeness (QED) is 0.154. The summed E-state index contributed by atoms with van der Waals surface area (Å²) < 4.78 is 141. The fourth-order valence-electron chi connectivity index (χ4n) is 4.65. The maximum atomic E-state index is 15.1. The van der Waals surface area contributed by atoms with E-state index in [9.17, 15) is 57.9 Å². The molecule has 3 N–H and O–H groups in total. The third-order valence-corrected chi connectivity index (χ3v) is 9.55. The number of halogens is 12. The summed E-state index contributed by atoms with van der Waals surface area (Å²) in [5.41, 5.74) is -4.47. The molecule has 1 fully saturated rings. The van der Waals surface area contributed by atoms with Gasteiger partial charge in [-0.1, -0.05) is 17.7 Å². The smallest absolute Gasteiger partial charge is 0.326 e. The molecule has 0 spiro atoms. The number of rotatable bonds is 9. The van der Waals surface area contributed by atoms with Crippen LogP contribution in [0.4, 0.5) is 56.6 Å². The maximum absolute atomic E-state index is 15.1. The van der Waals surface area contributed by atoms with E-state index >= 15 is 4.39 Å². The summed E-state index contributed by atoms with van der Waals surface area (Å²) >= 11 is 18.4. The van der Waals surface area contributed by atoms with Crippen molar-refractivity contribution >= 4 is 79.4 Å². The van der Waals surface area contributed by atoms with Crippen LogP contribution in [0.5, 0.6) is 0 Å². The summed E-state index contributed by atoms with van der Waals surface area (Å²) in [4.78, 5) is 38.0. The number of amides is 3. The number of sulfone groups is 1. The third-order valence-electron chi connectivity index (χ3n) is 6.81. The molecule has 0 bridgehead atoms. The van der Waals surface area contributed by atoms with Gasteiger partial charge < -0.3 is 16.0 Å². The van der Waals surface area contributed by atoms with Crippen molar-refractivity contribution in [2.45, 2.75) is 22.6 Å². The Hall–Kier alpha value is -3.74. The summed E-state index contributed by atoms with van der Waals surface area (Å²) in [6, 6.07) is 6.49. The van der Waals surface area contributed by atoms with Gasteiger partial charge in [0.25, 0.3) is 5.91 Å². The Morgan fingerprint density at radius 3 is 2.08 bits per heavy atom. The van der Waals surface area contributed by atoms with Gasteiger partial charge in [0, 0.05) is 11.6 Å². The molecule has 0 unspecified atom stereocenters. The van der Waals surface area contributed by atoms with Gasteiger partial charge in [0.05, 0.1) is 27.8 Å². The van der Waals surface area contributed by atoms with Crippen molar-refractivity contribution in [1.29, 1.82) is 0 Å². The second-order valence-corrected chi connectivity index (χ2v) is 14.4. The number of alkyl halides is 8. The van der Waals surface area contributed by atoms with Crippen LogP contribution in [-0.2, 0) is 25.6 Å². The fourth-order valence-corrected chi connectivity index (χ4v) is 6.75. The number of carbonyl (C=O) groups excluding carboxylic acids is 3. The van der Waals surface area contributed by atoms with Gasteiger partial charge in [-0.25, -0.2) is 21.6 Å². The maximum Gasteiger partial charge on any atom is 0.419 e. The van der Waals surface area contributed by atoms with Gasteiger partial charge in [0.1, 0.15) is 33.2 Å². The Balaban J connectivity index is 1.49. The number of anilines is 3. The SMILES string of the molecule is O=C(CS(=O)(=O)CC(F)(F)F)Nc1c(F)ccc(NC(=O)c2cc(NC(=O)[C@H]3[C@H](c4ccc(F)c(C(F)(F)F)c4)C3(Cl)Cl)ccc2Cl)c1F. The van der Waals surface area contributed by atoms with Gasteiger partial charge in [-0.3, -0.25) is 14.4 Å². The standard InChI is InChI=1S/C28H17Cl3F9N3O5S/c29-15-3-2-12(41-25(46)21-20(27(21,30)31)11-1-4-16(32)14(7-11)28(38,39)40)8-13(15)24(45)42-18-6-5-17(33)23(22(18)34)43-19(44)9-49(47,48)10-26(35,36)37/h1-8,20-21H,9-10H2,(H,41,46)(H,42,45)(H,43,44)/t20-,21+/m0/s1. The van der Waals surface area contributed by atoms with Crippen LogP contribution in [0.25, 0.3) is 0 Å². The van der Waals surface area contributed by atoms with Crippen LogP contribution < -0.4 is 16.0 Å². The number of carbonyl (C=O) groups is 3. The van der Waals surface area contributed by atoms with Gasteiger partial charge in [-0.2, -0.15) is 26.3 Å². The third kappa shape index (κ3) is 8.90. The van der Waals surface area contributed by atoms with Crippen molar-refractivity contribution in [3.63, 3.8) is 0 Å². The van der Waals surface area contributed by atoms with Gasteiger partial charge in [0.2, 0.25) is 11.8 Å². The summed E-state index contributed by atoms with van der Waals surface area (Å²) in [5.74, 6) is -15.2. The van der Waals surface area contributed by atoms with Crippen molar-refractivity contribution in [2.24, 2.45) is 5.92 Å². The van der Waals surface area contributed by atoms with Gasteiger partial charge in [0.15, 0.2) is 15.7 Å². The zero-order chi connectivity index (χ0) is 36.9. The predicted octanol–water partition coefficient (Wildman–Crippen LogP) is 7.47. The van der Waals surface area contributed by atoms with E-state index in [-0.39, 0.29) is 16.3 Å². The Morgan fingerprint density at radius 2 is 1.47 bits per heavy atom. The lowest BCUT2D eigenvalue weighted by atomic mass is 10.0. The molecule has 264 valence electrons. The molecule has 4 rings (SSSR count). The van der Waals surface area contributed by atoms with E-state index in [1.54, 1.807) is 0 Å². The highest BCUT2D eigenvalue weighted by Crippen LogP contribution is 2.65. The number of hydrogen-bond donors (Lipinski definition) is 3. The highest BCUT2D eigenvalue weighted by atomic mass is 35.5. The van der Waals surface area contributed by atoms with Crippen LogP contribution in [0.1, 0.15) is 27.4 Å². The molecule has 0 saturated heterocycles. The van der Waals surface area contributed by atoms with Crippen molar-refractivity contribution in [3.8, 4) is 0 Å². The molecule has 1 aliphatic carbocycles. The van der Waals surface area contributed by atoms with Gasteiger partial charge >= 0.3 is 12.4 Å². The monoisotopic (exact) mass is 783 g/mol. The van der Waals surface area contributed by atoms with E-state index in [1.807, 2.05) is 5.32 Å². The van der Waals surface area contributed by atoms with Crippen molar-refractivity contribution in [3.05, 3.63) is 87.7 Å². The van der Waals surface area contributed by atoms with Crippen LogP contribution >= 0.6 is 34.8 Å². The predicted molar refractivity (Wildman–Crippen MR) is 160 cm³/mol. The Bertz CT molecular complexity index is 1960. The minimum Gasteiger partial charge on any atom is -0.326 e. The minimum absolute atomic E-state index is 0.142. The first-order valence-electron chi connectivity index (χ1n) is 13.1. The lowest BCUT2D eigenvalue weighted by molar-refractivity contribution is -0.140. The van der Waals surface area contributed by atoms with Crippen molar-refractivity contribution in [2.75, 3.05) is 27.5 Å². The van der Waals surface area contributed by atoms with Crippen molar-refractivity contribution < 1.29 is 62.3 Å². The first kappa shape index (κ1) is 38.1. The van der Waals surface area contributed by atoms with Crippen LogP contribution in [-0.4, -0.2) is 48.2 Å². The minimum atomic E-state index is -5.19. The van der Waals surface area contributed by atoms with Gasteiger partial charge in [-0.05, 0) is 48.0 Å². The topological polar surface area (TPSA) is 121 Å². The molecular weight excluding hydrogens is 768 g/mol. The van der Waals surface area contributed by atoms with E-state index in [2.05, 4.69) is 5.32 Å². The van der Waals surface area contributed by atoms with Gasteiger partial charge in [-0.15, -0.1) is 23.2 Å². The Morgan fingerprint density at radius 1 is 0.837 bits per heavy atom. The first-order chi connectivity index (χ1) is 22.4. The fraction of sp³-hybridized carbons (Fsp3) is 0.250. The van der Waals surface area contributed by atoms with Crippen LogP contribution in [0.15, 0.2) is 48.5 Å². The Kier molecular flexibility index (Phi) is 10.5. The van der Waals surface area contributed by atoms with Crippen LogP contribution in [0.3, 0.4) is 0 Å². The molecule has 0 heterocycles. The van der Waals surface area contributed by atoms with E-state index in [0.717, 1.165) is 18.2 Å². The number of nitrogens with one attached hydrogen (secondary N) is 3. The summed E-state index contributed by atoms with van der Waals surface area (Å²) in [5, 5.41) is 5.59. The van der Waals surface area contributed by atoms with E-state index in [4.69, 9.17) is 34.8 Å². The highest BCUT2D eigenvalue weighted by Gasteiger charge is 2.67. The average Bonchev–Trinajstić information content (AvgIpc) is 3.53. The molecule has 1 saturated carbocycles. The number of hydrogen-bond acceptors (Lipinski definition) is 5. The molecule has 8 nitrogen and oxygen atoms in total. The summed E-state index contributed by atoms with van der Waals surface area (Å²) in [6.07, 6.45) is -10.2. The Labute approximate surface area is 284 Å². The average molecular weight is 785 g/mol. The van der Waals surface area contributed by atoms with Crippen LogP contribution in [0.2, 0.25) is 5.02 Å². The molecule has 0 radical (unpaired) electrons. The lowest BCUT2D eigenvalue weighted by Crippen LogP contribution is -2.31. The summed E-state index contributed by atoms with van der Waals surface area (Å²) in [6.45, 7) is 0. The van der Waals surface area contributed by atoms with E-state index in [0.29, 0.717) is 24.3 Å². The molecule has 3 aromatic carbocycles. The molecule has 49 heavy (non-hydrogen) atoms. The molecule has 3 aromatic rings. The molecule has 0 aliphatic heterocycles. The highest BCUT2D eigenvalue weighted by molar-refractivity contribution is 7.92. The van der Waals surface area contributed by atoms with E-state index in [1.165, 1.54) is 11.4 Å². The van der Waals surface area contributed by atoms with Crippen molar-refractivity contribution in [1.82, 2.24) is 0 Å². The molecule has 0 aromatic heterocycles. The number of benzene rings is 3. The zero-order valence-corrected chi connectivity index (χ0v) is 26.8. The lowest BCUT2D eigenvalue weighted by Gasteiger charge is -2.14. The summed E-state index contributed by atoms with van der Waals surface area (Å²) in [7, 11) is -5.07. The first-order valence-corrected chi connectivity index (χ1v) is 16.1. The molecule has 1 aliphatic rings. The zero-order valence-electron chi connectivity index (χ0n) is 23.7. The molecule has 21 heteroatoms. The van der Waals surface area contributed by atoms with E-state index < -0.39 is 108 Å². The largest absolute Gasteiger partial charge is 0.419 e. The molecule has 3 amide bonds. The second kappa shape index (κ2) is 13.5. The molecule has 2 atom stereocenters. The second-order valence-electron chi connectivity index (χ2n) is 10.5. The van der Waals surface area contributed by atoms with Crippen LogP contribution in [0, 0.1) is 23.4 Å². The normalized spacial score (nSPS) is 17.3.